The van der Waals surface area contributed by atoms with Crippen molar-refractivity contribution in [1.82, 2.24) is 15.5 Å². The molecular formula is C25H23N3O2. The molecule has 1 heterocycles. The Bertz CT molecular complexity index is 1120. The van der Waals surface area contributed by atoms with E-state index in [0.717, 1.165) is 11.1 Å². The SMILES string of the molecule is Cc1ccc(-c2nnc(-c3ccc(C(=O)NC[C@H](C)c4ccccc4)cc3)o2)cc1. The molecule has 0 saturated carbocycles. The second kappa shape index (κ2) is 8.74. The predicted octanol–water partition coefficient (Wildman–Crippen LogP) is 5.25. The van der Waals surface area contributed by atoms with Gasteiger partial charge in [0.2, 0.25) is 11.8 Å². The third-order valence-corrected chi connectivity index (χ3v) is 5.05. The van der Waals surface area contributed by atoms with Gasteiger partial charge in [-0.25, -0.2) is 0 Å². The molecule has 1 atom stereocenters. The van der Waals surface area contributed by atoms with Gasteiger partial charge in [-0.05, 0) is 54.8 Å². The number of hydrogen-bond donors (Lipinski definition) is 1. The Hall–Kier alpha value is -3.73. The Morgan fingerprint density at radius 3 is 2.03 bits per heavy atom. The van der Waals surface area contributed by atoms with E-state index in [1.54, 1.807) is 12.1 Å². The molecule has 1 aromatic heterocycles. The summed E-state index contributed by atoms with van der Waals surface area (Å²) in [5, 5.41) is 11.3. The average molecular weight is 397 g/mol. The summed E-state index contributed by atoms with van der Waals surface area (Å²) in [5.74, 6) is 1.04. The van der Waals surface area contributed by atoms with Gasteiger partial charge in [0, 0.05) is 23.2 Å². The lowest BCUT2D eigenvalue weighted by Gasteiger charge is -2.13. The van der Waals surface area contributed by atoms with Gasteiger partial charge in [-0.15, -0.1) is 10.2 Å². The first kappa shape index (κ1) is 19.6. The Kier molecular flexibility index (Phi) is 5.70. The highest BCUT2D eigenvalue weighted by Crippen LogP contribution is 2.24. The zero-order valence-corrected chi connectivity index (χ0v) is 17.0. The van der Waals surface area contributed by atoms with Crippen LogP contribution in [-0.2, 0) is 0 Å². The number of nitrogens with one attached hydrogen (secondary N) is 1. The summed E-state index contributed by atoms with van der Waals surface area (Å²) in [4.78, 5) is 12.5. The highest BCUT2D eigenvalue weighted by molar-refractivity contribution is 5.94. The number of rotatable bonds is 6. The second-order valence-electron chi connectivity index (χ2n) is 7.38. The third kappa shape index (κ3) is 4.46. The van der Waals surface area contributed by atoms with Gasteiger partial charge in [0.1, 0.15) is 0 Å². The molecule has 1 amide bonds. The fourth-order valence-corrected chi connectivity index (χ4v) is 3.16. The number of hydrogen-bond acceptors (Lipinski definition) is 4. The van der Waals surface area contributed by atoms with E-state index >= 15 is 0 Å². The van der Waals surface area contributed by atoms with E-state index in [1.165, 1.54) is 11.1 Å². The maximum Gasteiger partial charge on any atom is 0.251 e. The lowest BCUT2D eigenvalue weighted by Crippen LogP contribution is -2.27. The molecule has 0 fully saturated rings. The first-order valence-corrected chi connectivity index (χ1v) is 9.94. The summed E-state index contributed by atoms with van der Waals surface area (Å²) in [6, 6.07) is 25.3. The molecule has 0 aliphatic heterocycles. The van der Waals surface area contributed by atoms with Crippen LogP contribution in [0.4, 0.5) is 0 Å². The highest BCUT2D eigenvalue weighted by Gasteiger charge is 2.13. The zero-order chi connectivity index (χ0) is 20.9. The second-order valence-corrected chi connectivity index (χ2v) is 7.38. The minimum Gasteiger partial charge on any atom is -0.416 e. The summed E-state index contributed by atoms with van der Waals surface area (Å²) in [6.07, 6.45) is 0. The van der Waals surface area contributed by atoms with Crippen molar-refractivity contribution in [3.8, 4) is 22.9 Å². The molecule has 150 valence electrons. The van der Waals surface area contributed by atoms with E-state index in [2.05, 4.69) is 34.6 Å². The number of nitrogens with zero attached hydrogens (tertiary/aromatic N) is 2. The standard InChI is InChI=1S/C25H23N3O2/c1-17-8-10-21(11-9-17)24-27-28-25(30-24)22-14-12-20(13-15-22)23(29)26-16-18(2)19-6-4-3-5-7-19/h3-15,18H,16H2,1-2H3,(H,26,29)/t18-/m0/s1. The number of carbonyl (C=O) groups excluding carboxylic acids is 1. The molecule has 5 nitrogen and oxygen atoms in total. The minimum atomic E-state index is -0.102. The van der Waals surface area contributed by atoms with Gasteiger partial charge in [-0.3, -0.25) is 4.79 Å². The molecule has 0 bridgehead atoms. The molecule has 5 heteroatoms. The predicted molar refractivity (Wildman–Crippen MR) is 117 cm³/mol. The maximum absolute atomic E-state index is 12.5. The Morgan fingerprint density at radius 2 is 1.43 bits per heavy atom. The fraction of sp³-hybridized carbons (Fsp3) is 0.160. The third-order valence-electron chi connectivity index (χ3n) is 5.05. The lowest BCUT2D eigenvalue weighted by molar-refractivity contribution is 0.0951. The van der Waals surface area contributed by atoms with Crippen LogP contribution >= 0.6 is 0 Å². The van der Waals surface area contributed by atoms with Gasteiger partial charge in [0.25, 0.3) is 5.91 Å². The van der Waals surface area contributed by atoms with Crippen molar-refractivity contribution in [3.63, 3.8) is 0 Å². The summed E-state index contributed by atoms with van der Waals surface area (Å²) in [5.41, 5.74) is 4.62. The average Bonchev–Trinajstić information content (AvgIpc) is 3.29. The van der Waals surface area contributed by atoms with E-state index in [-0.39, 0.29) is 11.8 Å². The summed E-state index contributed by atoms with van der Waals surface area (Å²) in [6.45, 7) is 4.71. The van der Waals surface area contributed by atoms with Crippen LogP contribution in [-0.4, -0.2) is 22.6 Å². The van der Waals surface area contributed by atoms with Crippen molar-refractivity contribution in [3.05, 3.63) is 95.6 Å². The van der Waals surface area contributed by atoms with E-state index < -0.39 is 0 Å². The Morgan fingerprint density at radius 1 is 0.867 bits per heavy atom. The molecule has 0 aliphatic carbocycles. The number of amides is 1. The van der Waals surface area contributed by atoms with Gasteiger partial charge >= 0.3 is 0 Å². The van der Waals surface area contributed by atoms with Gasteiger partial charge in [-0.1, -0.05) is 55.0 Å². The topological polar surface area (TPSA) is 68.0 Å². The minimum absolute atomic E-state index is 0.102. The van der Waals surface area contributed by atoms with Crippen LogP contribution in [0.5, 0.6) is 0 Å². The molecule has 0 saturated heterocycles. The molecule has 4 aromatic rings. The first-order valence-electron chi connectivity index (χ1n) is 9.94. The van der Waals surface area contributed by atoms with E-state index in [1.807, 2.05) is 61.5 Å². The maximum atomic E-state index is 12.5. The molecule has 0 aliphatic rings. The van der Waals surface area contributed by atoms with Crippen LogP contribution in [0.15, 0.2) is 83.3 Å². The number of benzene rings is 3. The smallest absolute Gasteiger partial charge is 0.251 e. The van der Waals surface area contributed by atoms with Crippen LogP contribution < -0.4 is 5.32 Å². The van der Waals surface area contributed by atoms with Crippen molar-refractivity contribution in [2.75, 3.05) is 6.54 Å². The van der Waals surface area contributed by atoms with E-state index in [4.69, 9.17) is 4.42 Å². The molecule has 0 unspecified atom stereocenters. The monoisotopic (exact) mass is 397 g/mol. The first-order chi connectivity index (χ1) is 14.6. The molecule has 0 spiro atoms. The highest BCUT2D eigenvalue weighted by atomic mass is 16.4. The lowest BCUT2D eigenvalue weighted by atomic mass is 10.0. The van der Waals surface area contributed by atoms with Gasteiger partial charge in [-0.2, -0.15) is 0 Å². The van der Waals surface area contributed by atoms with Crippen LogP contribution in [0.3, 0.4) is 0 Å². The molecule has 0 radical (unpaired) electrons. The van der Waals surface area contributed by atoms with E-state index in [0.29, 0.717) is 23.9 Å². The van der Waals surface area contributed by atoms with Crippen molar-refractivity contribution < 1.29 is 9.21 Å². The van der Waals surface area contributed by atoms with Crippen molar-refractivity contribution in [2.45, 2.75) is 19.8 Å². The number of carbonyl (C=O) groups is 1. The molecule has 1 N–H and O–H groups in total. The summed E-state index contributed by atoms with van der Waals surface area (Å²) >= 11 is 0. The number of aryl methyl sites for hydroxylation is 1. The Labute approximate surface area is 175 Å². The normalized spacial score (nSPS) is 11.8. The zero-order valence-electron chi connectivity index (χ0n) is 17.0. The van der Waals surface area contributed by atoms with Crippen molar-refractivity contribution in [1.29, 1.82) is 0 Å². The molecule has 4 rings (SSSR count). The van der Waals surface area contributed by atoms with Gasteiger partial charge in [0.05, 0.1) is 0 Å². The largest absolute Gasteiger partial charge is 0.416 e. The summed E-state index contributed by atoms with van der Waals surface area (Å²) in [7, 11) is 0. The van der Waals surface area contributed by atoms with Crippen LogP contribution in [0.25, 0.3) is 22.9 Å². The molecule has 3 aromatic carbocycles. The molecule has 30 heavy (non-hydrogen) atoms. The van der Waals surface area contributed by atoms with Crippen LogP contribution in [0.2, 0.25) is 0 Å². The van der Waals surface area contributed by atoms with Gasteiger partial charge in [0.15, 0.2) is 0 Å². The van der Waals surface area contributed by atoms with Crippen molar-refractivity contribution >= 4 is 5.91 Å². The number of aromatic nitrogens is 2. The van der Waals surface area contributed by atoms with Crippen LogP contribution in [0.1, 0.15) is 34.3 Å². The summed E-state index contributed by atoms with van der Waals surface area (Å²) < 4.78 is 5.80. The van der Waals surface area contributed by atoms with Gasteiger partial charge < -0.3 is 9.73 Å². The van der Waals surface area contributed by atoms with E-state index in [9.17, 15) is 4.79 Å². The quantitative estimate of drug-likeness (QED) is 0.483. The van der Waals surface area contributed by atoms with Crippen molar-refractivity contribution in [2.24, 2.45) is 0 Å². The Balaban J connectivity index is 1.40. The molecular weight excluding hydrogens is 374 g/mol. The fourth-order valence-electron chi connectivity index (χ4n) is 3.16. The van der Waals surface area contributed by atoms with Crippen LogP contribution in [0, 0.1) is 6.92 Å².